The molecule has 0 aliphatic heterocycles. The molecule has 0 bridgehead atoms. The van der Waals surface area contributed by atoms with Crippen LogP contribution in [-0.2, 0) is 4.79 Å². The normalized spacial score (nSPS) is 11.8. The second-order valence-electron chi connectivity index (χ2n) is 5.91. The monoisotopic (exact) mass is 335 g/mol. The van der Waals surface area contributed by atoms with Crippen molar-refractivity contribution < 1.29 is 13.9 Å². The van der Waals surface area contributed by atoms with Crippen molar-refractivity contribution in [3.63, 3.8) is 0 Å². The zero-order valence-electron chi connectivity index (χ0n) is 14.4. The number of aryl methyl sites for hydroxylation is 1. The molecule has 1 atom stereocenters. The van der Waals surface area contributed by atoms with Gasteiger partial charge in [0.05, 0.1) is 6.26 Å². The summed E-state index contributed by atoms with van der Waals surface area (Å²) in [5.41, 5.74) is 3.13. The number of carbonyl (C=O) groups excluding carboxylic acids is 1. The first-order valence-corrected chi connectivity index (χ1v) is 8.22. The average molecular weight is 335 g/mol. The number of amides is 1. The SMILES string of the molecule is Cc1cccc(OCC(=O)N[C@@H](c2ccccc2)c2ccco2)c1C. The van der Waals surface area contributed by atoms with E-state index in [4.69, 9.17) is 9.15 Å². The summed E-state index contributed by atoms with van der Waals surface area (Å²) in [5, 5.41) is 2.98. The number of rotatable bonds is 6. The molecule has 25 heavy (non-hydrogen) atoms. The van der Waals surface area contributed by atoms with Crippen LogP contribution in [0.1, 0.15) is 28.5 Å². The van der Waals surface area contributed by atoms with Gasteiger partial charge in [0.25, 0.3) is 5.91 Å². The molecule has 4 nitrogen and oxygen atoms in total. The Morgan fingerprint density at radius 2 is 1.84 bits per heavy atom. The van der Waals surface area contributed by atoms with Crippen LogP contribution >= 0.6 is 0 Å². The maximum absolute atomic E-state index is 12.4. The minimum absolute atomic E-state index is 0.0473. The average Bonchev–Trinajstić information content (AvgIpc) is 3.16. The molecule has 0 saturated heterocycles. The Bertz CT molecular complexity index is 826. The van der Waals surface area contributed by atoms with Gasteiger partial charge in [0.2, 0.25) is 0 Å². The van der Waals surface area contributed by atoms with Crippen LogP contribution in [0.4, 0.5) is 0 Å². The number of carbonyl (C=O) groups is 1. The molecule has 0 aliphatic rings. The number of hydrogen-bond acceptors (Lipinski definition) is 3. The molecule has 1 N–H and O–H groups in total. The van der Waals surface area contributed by atoms with E-state index in [-0.39, 0.29) is 18.6 Å². The molecule has 1 amide bonds. The number of furan rings is 1. The van der Waals surface area contributed by atoms with Crippen LogP contribution < -0.4 is 10.1 Å². The van der Waals surface area contributed by atoms with Gasteiger partial charge in [-0.2, -0.15) is 0 Å². The minimum atomic E-state index is -0.342. The summed E-state index contributed by atoms with van der Waals surface area (Å²) in [6.07, 6.45) is 1.60. The highest BCUT2D eigenvalue weighted by molar-refractivity contribution is 5.78. The van der Waals surface area contributed by atoms with Gasteiger partial charge in [0, 0.05) is 0 Å². The Morgan fingerprint density at radius 3 is 2.56 bits per heavy atom. The number of benzene rings is 2. The fourth-order valence-corrected chi connectivity index (χ4v) is 2.65. The van der Waals surface area contributed by atoms with Gasteiger partial charge in [0.1, 0.15) is 17.6 Å². The van der Waals surface area contributed by atoms with Crippen molar-refractivity contribution in [2.45, 2.75) is 19.9 Å². The molecule has 1 aromatic heterocycles. The summed E-state index contributed by atoms with van der Waals surface area (Å²) in [6, 6.07) is 18.9. The van der Waals surface area contributed by atoms with Crippen molar-refractivity contribution in [3.05, 3.63) is 89.4 Å². The van der Waals surface area contributed by atoms with Crippen LogP contribution in [0, 0.1) is 13.8 Å². The van der Waals surface area contributed by atoms with E-state index in [9.17, 15) is 4.79 Å². The van der Waals surface area contributed by atoms with Crippen molar-refractivity contribution >= 4 is 5.91 Å². The molecular weight excluding hydrogens is 314 g/mol. The first-order valence-electron chi connectivity index (χ1n) is 8.22. The first-order chi connectivity index (χ1) is 12.1. The Hall–Kier alpha value is -3.01. The molecule has 4 heteroatoms. The van der Waals surface area contributed by atoms with E-state index >= 15 is 0 Å². The van der Waals surface area contributed by atoms with Gasteiger partial charge in [-0.1, -0.05) is 42.5 Å². The lowest BCUT2D eigenvalue weighted by Gasteiger charge is -2.18. The van der Waals surface area contributed by atoms with Gasteiger partial charge < -0.3 is 14.5 Å². The minimum Gasteiger partial charge on any atom is -0.483 e. The van der Waals surface area contributed by atoms with E-state index in [1.807, 2.05) is 74.5 Å². The smallest absolute Gasteiger partial charge is 0.258 e. The van der Waals surface area contributed by atoms with Gasteiger partial charge in [-0.3, -0.25) is 4.79 Å². The van der Waals surface area contributed by atoms with Crippen molar-refractivity contribution in [2.75, 3.05) is 6.61 Å². The van der Waals surface area contributed by atoms with E-state index in [0.717, 1.165) is 22.4 Å². The third-order valence-electron chi connectivity index (χ3n) is 4.18. The van der Waals surface area contributed by atoms with E-state index < -0.39 is 0 Å². The molecular formula is C21H21NO3. The van der Waals surface area contributed by atoms with Crippen LogP contribution in [0.3, 0.4) is 0 Å². The molecule has 128 valence electrons. The lowest BCUT2D eigenvalue weighted by Crippen LogP contribution is -2.33. The van der Waals surface area contributed by atoms with Gasteiger partial charge in [-0.25, -0.2) is 0 Å². The molecule has 0 unspecified atom stereocenters. The van der Waals surface area contributed by atoms with Gasteiger partial charge in [-0.15, -0.1) is 0 Å². The first kappa shape index (κ1) is 16.8. The highest BCUT2D eigenvalue weighted by atomic mass is 16.5. The molecule has 0 spiro atoms. The quantitative estimate of drug-likeness (QED) is 0.735. The summed E-state index contributed by atoms with van der Waals surface area (Å²) >= 11 is 0. The Kier molecular flexibility index (Phi) is 5.19. The number of ether oxygens (including phenoxy) is 1. The number of hydrogen-bond donors (Lipinski definition) is 1. The molecule has 0 fully saturated rings. The van der Waals surface area contributed by atoms with Crippen molar-refractivity contribution in [1.82, 2.24) is 5.32 Å². The number of nitrogens with one attached hydrogen (secondary N) is 1. The Balaban J connectivity index is 1.70. The second kappa shape index (κ2) is 7.71. The lowest BCUT2D eigenvalue weighted by molar-refractivity contribution is -0.123. The van der Waals surface area contributed by atoms with Gasteiger partial charge in [-0.05, 0) is 48.7 Å². The predicted molar refractivity (Wildman–Crippen MR) is 96.5 cm³/mol. The zero-order valence-corrected chi connectivity index (χ0v) is 14.4. The molecule has 2 aromatic carbocycles. The van der Waals surface area contributed by atoms with Crippen LogP contribution in [0.25, 0.3) is 0 Å². The topological polar surface area (TPSA) is 51.5 Å². The largest absolute Gasteiger partial charge is 0.483 e. The molecule has 1 heterocycles. The maximum atomic E-state index is 12.4. The molecule has 0 aliphatic carbocycles. The summed E-state index contributed by atoms with van der Waals surface area (Å²) in [4.78, 5) is 12.4. The maximum Gasteiger partial charge on any atom is 0.258 e. The zero-order chi connectivity index (χ0) is 17.6. The van der Waals surface area contributed by atoms with Crippen molar-refractivity contribution in [3.8, 4) is 5.75 Å². The van der Waals surface area contributed by atoms with Crippen molar-refractivity contribution in [1.29, 1.82) is 0 Å². The fourth-order valence-electron chi connectivity index (χ4n) is 2.65. The summed E-state index contributed by atoms with van der Waals surface area (Å²) < 4.78 is 11.2. The van der Waals surface area contributed by atoms with Crippen LogP contribution in [0.5, 0.6) is 5.75 Å². The molecule has 0 radical (unpaired) electrons. The highest BCUT2D eigenvalue weighted by Crippen LogP contribution is 2.23. The third kappa shape index (κ3) is 4.10. The van der Waals surface area contributed by atoms with E-state index in [1.165, 1.54) is 0 Å². The fraction of sp³-hybridized carbons (Fsp3) is 0.190. The summed E-state index contributed by atoms with van der Waals surface area (Å²) in [7, 11) is 0. The third-order valence-corrected chi connectivity index (χ3v) is 4.18. The Morgan fingerprint density at radius 1 is 1.04 bits per heavy atom. The highest BCUT2D eigenvalue weighted by Gasteiger charge is 2.19. The van der Waals surface area contributed by atoms with E-state index in [2.05, 4.69) is 5.32 Å². The van der Waals surface area contributed by atoms with E-state index in [1.54, 1.807) is 6.26 Å². The van der Waals surface area contributed by atoms with Crippen LogP contribution in [0.15, 0.2) is 71.3 Å². The Labute approximate surface area is 147 Å². The molecule has 3 rings (SSSR count). The lowest BCUT2D eigenvalue weighted by atomic mass is 10.0. The summed E-state index contributed by atoms with van der Waals surface area (Å²) in [5.74, 6) is 1.21. The van der Waals surface area contributed by atoms with Crippen LogP contribution in [0.2, 0.25) is 0 Å². The van der Waals surface area contributed by atoms with Crippen LogP contribution in [-0.4, -0.2) is 12.5 Å². The second-order valence-corrected chi connectivity index (χ2v) is 5.91. The van der Waals surface area contributed by atoms with E-state index in [0.29, 0.717) is 5.76 Å². The van der Waals surface area contributed by atoms with Gasteiger partial charge in [0.15, 0.2) is 6.61 Å². The summed E-state index contributed by atoms with van der Waals surface area (Å²) in [6.45, 7) is 3.96. The van der Waals surface area contributed by atoms with Gasteiger partial charge >= 0.3 is 0 Å². The molecule has 3 aromatic rings. The predicted octanol–water partition coefficient (Wildman–Crippen LogP) is 4.18. The molecule has 0 saturated carbocycles. The standard InChI is InChI=1S/C21H21NO3/c1-15-8-6-11-18(16(15)2)25-14-20(23)22-21(19-12-7-13-24-19)17-9-4-3-5-10-17/h3-13,21H,14H2,1-2H3,(H,22,23)/t21-/m0/s1. The van der Waals surface area contributed by atoms with Crippen molar-refractivity contribution in [2.24, 2.45) is 0 Å².